The molecule has 0 aliphatic heterocycles. The summed E-state index contributed by atoms with van der Waals surface area (Å²) >= 11 is 3.00. The van der Waals surface area contributed by atoms with Gasteiger partial charge in [-0.05, 0) is 0 Å². The molecule has 0 aromatic carbocycles. The molecule has 0 radical (unpaired) electrons. The third kappa shape index (κ3) is 5.95. The van der Waals surface area contributed by atoms with Gasteiger partial charge < -0.3 is 9.47 Å². The van der Waals surface area contributed by atoms with E-state index in [0.29, 0.717) is 5.33 Å². The van der Waals surface area contributed by atoms with Crippen molar-refractivity contribution in [1.29, 1.82) is 0 Å². The zero-order chi connectivity index (χ0) is 7.11. The van der Waals surface area contributed by atoms with Crippen molar-refractivity contribution in [2.45, 2.75) is 0 Å². The number of rotatable bonds is 5. The lowest BCUT2D eigenvalue weighted by Crippen LogP contribution is -2.10. The number of carbonyl (C=O) groups excluding carboxylic acids is 1. The third-order valence-electron chi connectivity index (χ3n) is 0.613. The molecular formula is C5H9BrO3. The van der Waals surface area contributed by atoms with Crippen LogP contribution in [0.25, 0.3) is 0 Å². The Balaban J connectivity index is 2.97. The summed E-state index contributed by atoms with van der Waals surface area (Å²) in [5.74, 6) is 0.0204. The normalized spacial score (nSPS) is 9.56. The number of ether oxygens (including phenoxy) is 2. The molecule has 0 fully saturated rings. The molecule has 0 aromatic rings. The van der Waals surface area contributed by atoms with E-state index < -0.39 is 0 Å². The van der Waals surface area contributed by atoms with E-state index in [0.717, 1.165) is 0 Å². The van der Waals surface area contributed by atoms with Gasteiger partial charge in [-0.15, -0.1) is 0 Å². The van der Waals surface area contributed by atoms with Gasteiger partial charge in [-0.1, -0.05) is 15.9 Å². The van der Waals surface area contributed by atoms with Crippen LogP contribution in [0.2, 0.25) is 0 Å². The first-order valence-corrected chi connectivity index (χ1v) is 3.57. The molecule has 0 amide bonds. The van der Waals surface area contributed by atoms with Crippen LogP contribution in [0.4, 0.5) is 0 Å². The molecule has 0 aromatic heterocycles. The van der Waals surface area contributed by atoms with Gasteiger partial charge in [0.2, 0.25) is 0 Å². The van der Waals surface area contributed by atoms with E-state index in [9.17, 15) is 4.79 Å². The second-order valence-electron chi connectivity index (χ2n) is 1.43. The Labute approximate surface area is 62.5 Å². The van der Waals surface area contributed by atoms with Gasteiger partial charge in [0.25, 0.3) is 0 Å². The SMILES string of the molecule is COCOCC(=O)CBr. The fourth-order valence-corrected chi connectivity index (χ4v) is 0.439. The molecule has 0 aliphatic carbocycles. The van der Waals surface area contributed by atoms with Gasteiger partial charge in [0.1, 0.15) is 13.4 Å². The predicted octanol–water partition coefficient (Wildman–Crippen LogP) is 0.571. The monoisotopic (exact) mass is 196 g/mol. The summed E-state index contributed by atoms with van der Waals surface area (Å²) in [4.78, 5) is 10.5. The molecule has 0 saturated carbocycles. The number of halogens is 1. The number of hydrogen-bond acceptors (Lipinski definition) is 3. The first-order chi connectivity index (χ1) is 4.31. The minimum atomic E-state index is 0.0204. The van der Waals surface area contributed by atoms with Gasteiger partial charge in [0.15, 0.2) is 5.78 Å². The van der Waals surface area contributed by atoms with Crippen LogP contribution in [0.15, 0.2) is 0 Å². The number of ketones is 1. The molecular weight excluding hydrogens is 188 g/mol. The number of carbonyl (C=O) groups is 1. The lowest BCUT2D eigenvalue weighted by Gasteiger charge is -1.97. The van der Waals surface area contributed by atoms with Gasteiger partial charge in [0, 0.05) is 7.11 Å². The van der Waals surface area contributed by atoms with Crippen LogP contribution in [-0.2, 0) is 14.3 Å². The van der Waals surface area contributed by atoms with Gasteiger partial charge >= 0.3 is 0 Å². The highest BCUT2D eigenvalue weighted by molar-refractivity contribution is 9.09. The minimum absolute atomic E-state index is 0.0204. The summed E-state index contributed by atoms with van der Waals surface area (Å²) in [6, 6.07) is 0. The van der Waals surface area contributed by atoms with Crippen LogP contribution in [0.5, 0.6) is 0 Å². The quantitative estimate of drug-likeness (QED) is 0.367. The van der Waals surface area contributed by atoms with Crippen molar-refractivity contribution >= 4 is 21.7 Å². The molecule has 0 bridgehead atoms. The summed E-state index contributed by atoms with van der Waals surface area (Å²) in [7, 11) is 1.51. The molecule has 0 heterocycles. The highest BCUT2D eigenvalue weighted by atomic mass is 79.9. The van der Waals surface area contributed by atoms with Crippen molar-refractivity contribution in [2.75, 3.05) is 25.8 Å². The number of hydrogen-bond donors (Lipinski definition) is 0. The van der Waals surface area contributed by atoms with Crippen molar-refractivity contribution in [3.8, 4) is 0 Å². The second kappa shape index (κ2) is 6.19. The standard InChI is InChI=1S/C5H9BrO3/c1-8-4-9-3-5(7)2-6/h2-4H2,1H3. The summed E-state index contributed by atoms with van der Waals surface area (Å²) in [5.41, 5.74) is 0. The summed E-state index contributed by atoms with van der Waals surface area (Å²) < 4.78 is 9.28. The van der Waals surface area contributed by atoms with E-state index in [1.54, 1.807) is 0 Å². The van der Waals surface area contributed by atoms with Crippen molar-refractivity contribution in [3.63, 3.8) is 0 Å². The molecule has 0 saturated heterocycles. The van der Waals surface area contributed by atoms with Crippen LogP contribution in [0, 0.1) is 0 Å². The maximum atomic E-state index is 10.5. The highest BCUT2D eigenvalue weighted by Gasteiger charge is 1.96. The maximum absolute atomic E-state index is 10.5. The molecule has 0 rings (SSSR count). The van der Waals surface area contributed by atoms with Crippen LogP contribution < -0.4 is 0 Å². The predicted molar refractivity (Wildman–Crippen MR) is 36.6 cm³/mol. The Bertz CT molecular complexity index is 84.3. The van der Waals surface area contributed by atoms with Crippen LogP contribution in [0.1, 0.15) is 0 Å². The molecule has 0 unspecified atom stereocenters. The second-order valence-corrected chi connectivity index (χ2v) is 1.99. The van der Waals surface area contributed by atoms with E-state index in [-0.39, 0.29) is 19.2 Å². The first kappa shape index (κ1) is 9.07. The van der Waals surface area contributed by atoms with Crippen molar-refractivity contribution < 1.29 is 14.3 Å². The van der Waals surface area contributed by atoms with Crippen LogP contribution in [-0.4, -0.2) is 31.6 Å². The topological polar surface area (TPSA) is 35.5 Å². The smallest absolute Gasteiger partial charge is 0.169 e. The fourth-order valence-electron chi connectivity index (χ4n) is 0.277. The average molecular weight is 197 g/mol. The third-order valence-corrected chi connectivity index (χ3v) is 1.24. The number of alkyl halides is 1. The van der Waals surface area contributed by atoms with Crippen LogP contribution in [0.3, 0.4) is 0 Å². The Morgan fingerprint density at radius 3 is 2.78 bits per heavy atom. The van der Waals surface area contributed by atoms with Gasteiger partial charge in [0.05, 0.1) is 5.33 Å². The summed E-state index contributed by atoms with van der Waals surface area (Å²) in [5, 5.41) is 0.344. The molecule has 0 N–H and O–H groups in total. The zero-order valence-corrected chi connectivity index (χ0v) is 6.81. The summed E-state index contributed by atoms with van der Waals surface area (Å²) in [6.45, 7) is 0.303. The minimum Gasteiger partial charge on any atom is -0.359 e. The zero-order valence-electron chi connectivity index (χ0n) is 5.22. The van der Waals surface area contributed by atoms with E-state index in [1.165, 1.54) is 7.11 Å². The lowest BCUT2D eigenvalue weighted by atomic mass is 10.5. The summed E-state index contributed by atoms with van der Waals surface area (Å²) in [6.07, 6.45) is 0. The van der Waals surface area contributed by atoms with Gasteiger partial charge in [-0.3, -0.25) is 4.79 Å². The van der Waals surface area contributed by atoms with Crippen molar-refractivity contribution in [3.05, 3.63) is 0 Å². The first-order valence-electron chi connectivity index (χ1n) is 2.45. The molecule has 3 nitrogen and oxygen atoms in total. The van der Waals surface area contributed by atoms with E-state index in [1.807, 2.05) is 0 Å². The largest absolute Gasteiger partial charge is 0.359 e. The average Bonchev–Trinajstić information content (AvgIpc) is 1.89. The molecule has 9 heavy (non-hydrogen) atoms. The Morgan fingerprint density at radius 2 is 2.33 bits per heavy atom. The molecule has 0 aliphatic rings. The maximum Gasteiger partial charge on any atom is 0.169 e. The highest BCUT2D eigenvalue weighted by Crippen LogP contribution is 1.83. The van der Waals surface area contributed by atoms with Gasteiger partial charge in [-0.2, -0.15) is 0 Å². The Kier molecular flexibility index (Phi) is 6.24. The Morgan fingerprint density at radius 1 is 1.67 bits per heavy atom. The van der Waals surface area contributed by atoms with Crippen molar-refractivity contribution in [2.24, 2.45) is 0 Å². The number of methoxy groups -OCH3 is 1. The van der Waals surface area contributed by atoms with E-state index in [4.69, 9.17) is 4.74 Å². The van der Waals surface area contributed by atoms with Crippen LogP contribution >= 0.6 is 15.9 Å². The number of Topliss-reactive ketones (excluding diaryl/α,β-unsaturated/α-hetero) is 1. The van der Waals surface area contributed by atoms with Crippen molar-refractivity contribution in [1.82, 2.24) is 0 Å². The van der Waals surface area contributed by atoms with E-state index >= 15 is 0 Å². The lowest BCUT2D eigenvalue weighted by molar-refractivity contribution is -0.125. The van der Waals surface area contributed by atoms with Gasteiger partial charge in [-0.25, -0.2) is 0 Å². The van der Waals surface area contributed by atoms with E-state index in [2.05, 4.69) is 20.7 Å². The Hall–Kier alpha value is 0.0700. The molecule has 54 valence electrons. The molecule has 0 atom stereocenters. The fraction of sp³-hybridized carbons (Fsp3) is 0.800. The molecule has 4 heteroatoms. The molecule has 0 spiro atoms.